The number of amides is 2. The average molecular weight is 440 g/mol. The fraction of sp³-hybridized carbons (Fsp3) is 0.409. The maximum absolute atomic E-state index is 13.2. The second kappa shape index (κ2) is 9.31. The molecule has 1 aromatic carbocycles. The van der Waals surface area contributed by atoms with E-state index in [1.54, 1.807) is 30.1 Å². The second-order valence-corrected chi connectivity index (χ2v) is 7.70. The molecule has 0 aliphatic carbocycles. The van der Waals surface area contributed by atoms with Crippen LogP contribution in [-0.4, -0.2) is 71.7 Å². The number of methoxy groups -OCH3 is 1. The molecule has 1 N–H and O–H groups in total. The van der Waals surface area contributed by atoms with E-state index in [1.807, 2.05) is 0 Å². The van der Waals surface area contributed by atoms with Gasteiger partial charge in [-0.05, 0) is 31.0 Å². The highest BCUT2D eigenvalue weighted by molar-refractivity contribution is 6.04. The highest BCUT2D eigenvalue weighted by Crippen LogP contribution is 2.32. The van der Waals surface area contributed by atoms with E-state index in [0.29, 0.717) is 29.8 Å². The highest BCUT2D eigenvalue weighted by Gasteiger charge is 2.39. The Bertz CT molecular complexity index is 1010. The number of likely N-dealkylation sites (N-methyl/N-ethyl adjacent to an activating group) is 1. The molecule has 2 amide bonds. The van der Waals surface area contributed by atoms with E-state index in [-0.39, 0.29) is 48.8 Å². The molecule has 2 aromatic rings. The van der Waals surface area contributed by atoms with Crippen molar-refractivity contribution in [2.24, 2.45) is 0 Å². The van der Waals surface area contributed by atoms with Crippen LogP contribution in [0.25, 0.3) is 0 Å². The minimum atomic E-state index is -0.428. The Hall–Kier alpha value is -3.53. The van der Waals surface area contributed by atoms with E-state index >= 15 is 0 Å². The number of aromatic nitrogens is 2. The molecule has 1 fully saturated rings. The summed E-state index contributed by atoms with van der Waals surface area (Å²) >= 11 is 0. The quantitative estimate of drug-likeness (QED) is 0.713. The Morgan fingerprint density at radius 1 is 1.28 bits per heavy atom. The third kappa shape index (κ3) is 4.54. The lowest BCUT2D eigenvalue weighted by atomic mass is 9.94. The topological polar surface area (TPSA) is 120 Å². The first kappa shape index (κ1) is 21.7. The zero-order chi connectivity index (χ0) is 22.7. The zero-order valence-electron chi connectivity index (χ0n) is 17.8. The first-order valence-electron chi connectivity index (χ1n) is 10.3. The van der Waals surface area contributed by atoms with Crippen molar-refractivity contribution >= 4 is 23.5 Å². The SMILES string of the molecule is COC(=O)C[C@H]1CC[C@@H]2[C@@H](COc3ccc(NC(=O)c4cnccn4)cc3C(=O)N2C)O1. The molecule has 0 saturated carbocycles. The van der Waals surface area contributed by atoms with Crippen LogP contribution in [0.15, 0.2) is 36.8 Å². The van der Waals surface area contributed by atoms with E-state index in [9.17, 15) is 14.4 Å². The van der Waals surface area contributed by atoms with Gasteiger partial charge in [-0.25, -0.2) is 4.98 Å². The van der Waals surface area contributed by atoms with Crippen molar-refractivity contribution in [2.45, 2.75) is 37.5 Å². The summed E-state index contributed by atoms with van der Waals surface area (Å²) in [5.74, 6) is -0.592. The molecule has 1 saturated heterocycles. The summed E-state index contributed by atoms with van der Waals surface area (Å²) < 4.78 is 16.7. The third-order valence-electron chi connectivity index (χ3n) is 5.69. The van der Waals surface area contributed by atoms with E-state index < -0.39 is 5.91 Å². The summed E-state index contributed by atoms with van der Waals surface area (Å²) in [6.07, 6.45) is 5.12. The summed E-state index contributed by atoms with van der Waals surface area (Å²) in [4.78, 5) is 46.7. The summed E-state index contributed by atoms with van der Waals surface area (Å²) in [7, 11) is 3.07. The standard InChI is InChI=1S/C22H24N4O6/c1-26-17-5-4-14(10-20(27)30-2)32-19(17)12-31-18-6-3-13(9-15(18)22(26)29)25-21(28)16-11-23-7-8-24-16/h3,6-9,11,14,17,19H,4-5,10,12H2,1-2H3,(H,25,28)/t14-,17-,19-/m1/s1. The number of hydrogen-bond donors (Lipinski definition) is 1. The van der Waals surface area contributed by atoms with Gasteiger partial charge in [-0.3, -0.25) is 19.4 Å². The minimum absolute atomic E-state index is 0.169. The fourth-order valence-corrected chi connectivity index (χ4v) is 3.99. The smallest absolute Gasteiger partial charge is 0.308 e. The molecule has 1 aromatic heterocycles. The maximum Gasteiger partial charge on any atom is 0.308 e. The van der Waals surface area contributed by atoms with Gasteiger partial charge in [0.25, 0.3) is 11.8 Å². The average Bonchev–Trinajstić information content (AvgIpc) is 2.82. The van der Waals surface area contributed by atoms with Crippen LogP contribution in [0.2, 0.25) is 0 Å². The number of nitrogens with one attached hydrogen (secondary N) is 1. The number of carbonyl (C=O) groups excluding carboxylic acids is 3. The van der Waals surface area contributed by atoms with Gasteiger partial charge in [-0.15, -0.1) is 0 Å². The fourth-order valence-electron chi connectivity index (χ4n) is 3.99. The number of rotatable bonds is 4. The molecule has 0 spiro atoms. The van der Waals surface area contributed by atoms with Crippen molar-refractivity contribution in [1.29, 1.82) is 0 Å². The molecular formula is C22H24N4O6. The van der Waals surface area contributed by atoms with Crippen LogP contribution >= 0.6 is 0 Å². The summed E-state index contributed by atoms with van der Waals surface area (Å²) in [6.45, 7) is 0.234. The molecule has 0 radical (unpaired) electrons. The molecule has 4 rings (SSSR count). The van der Waals surface area contributed by atoms with Gasteiger partial charge >= 0.3 is 5.97 Å². The first-order valence-corrected chi connectivity index (χ1v) is 10.3. The van der Waals surface area contributed by atoms with Crippen LogP contribution in [-0.2, 0) is 14.3 Å². The molecule has 2 aliphatic heterocycles. The molecule has 10 nitrogen and oxygen atoms in total. The Kier molecular flexibility index (Phi) is 6.31. The van der Waals surface area contributed by atoms with Crippen molar-refractivity contribution < 1.29 is 28.6 Å². The number of ether oxygens (including phenoxy) is 3. The largest absolute Gasteiger partial charge is 0.490 e. The number of anilines is 1. The van der Waals surface area contributed by atoms with Crippen LogP contribution < -0.4 is 10.1 Å². The number of carbonyl (C=O) groups is 3. The normalized spacial score (nSPS) is 22.5. The van der Waals surface area contributed by atoms with Crippen LogP contribution in [0.1, 0.15) is 40.1 Å². The molecule has 168 valence electrons. The van der Waals surface area contributed by atoms with Gasteiger partial charge in [0.05, 0.1) is 37.4 Å². The van der Waals surface area contributed by atoms with Crippen LogP contribution in [0.3, 0.4) is 0 Å². The van der Waals surface area contributed by atoms with Gasteiger partial charge in [-0.2, -0.15) is 0 Å². The van der Waals surface area contributed by atoms with Crippen LogP contribution in [0.5, 0.6) is 5.75 Å². The monoisotopic (exact) mass is 440 g/mol. The van der Waals surface area contributed by atoms with Gasteiger partial charge in [0.2, 0.25) is 0 Å². The van der Waals surface area contributed by atoms with E-state index in [4.69, 9.17) is 14.2 Å². The Labute approximate surface area is 184 Å². The Balaban J connectivity index is 1.52. The molecule has 3 heterocycles. The molecule has 0 bridgehead atoms. The lowest BCUT2D eigenvalue weighted by Crippen LogP contribution is -2.53. The molecule has 2 aliphatic rings. The predicted molar refractivity (Wildman–Crippen MR) is 112 cm³/mol. The van der Waals surface area contributed by atoms with Crippen molar-refractivity contribution in [2.75, 3.05) is 26.1 Å². The van der Waals surface area contributed by atoms with Gasteiger partial charge in [0.1, 0.15) is 24.2 Å². The molecule has 10 heteroatoms. The number of esters is 1. The molecule has 0 unspecified atom stereocenters. The van der Waals surface area contributed by atoms with Gasteiger partial charge < -0.3 is 24.4 Å². The molecular weight excluding hydrogens is 416 g/mol. The van der Waals surface area contributed by atoms with Crippen molar-refractivity contribution in [1.82, 2.24) is 14.9 Å². The Morgan fingerprint density at radius 2 is 2.12 bits per heavy atom. The maximum atomic E-state index is 13.2. The van der Waals surface area contributed by atoms with E-state index in [0.717, 1.165) is 0 Å². The lowest BCUT2D eigenvalue weighted by Gasteiger charge is -2.42. The van der Waals surface area contributed by atoms with Gasteiger partial charge in [0.15, 0.2) is 0 Å². The van der Waals surface area contributed by atoms with Crippen molar-refractivity contribution in [3.05, 3.63) is 48.0 Å². The lowest BCUT2D eigenvalue weighted by molar-refractivity contribution is -0.151. The van der Waals surface area contributed by atoms with Gasteiger partial charge in [-0.1, -0.05) is 0 Å². The first-order chi connectivity index (χ1) is 15.5. The Morgan fingerprint density at radius 3 is 2.88 bits per heavy atom. The zero-order valence-corrected chi connectivity index (χ0v) is 17.8. The number of benzene rings is 1. The minimum Gasteiger partial charge on any atom is -0.490 e. The van der Waals surface area contributed by atoms with Crippen LogP contribution in [0.4, 0.5) is 5.69 Å². The molecule has 32 heavy (non-hydrogen) atoms. The second-order valence-electron chi connectivity index (χ2n) is 7.70. The number of nitrogens with zero attached hydrogens (tertiary/aromatic N) is 3. The number of fused-ring (bicyclic) bond motifs is 2. The number of hydrogen-bond acceptors (Lipinski definition) is 8. The predicted octanol–water partition coefficient (Wildman–Crippen LogP) is 1.67. The summed E-state index contributed by atoms with van der Waals surface area (Å²) in [6, 6.07) is 4.69. The van der Waals surface area contributed by atoms with E-state index in [2.05, 4.69) is 15.3 Å². The highest BCUT2D eigenvalue weighted by atomic mass is 16.5. The van der Waals surface area contributed by atoms with E-state index in [1.165, 1.54) is 25.7 Å². The molecule has 3 atom stereocenters. The van der Waals surface area contributed by atoms with Crippen molar-refractivity contribution in [3.63, 3.8) is 0 Å². The third-order valence-corrected chi connectivity index (χ3v) is 5.69. The van der Waals surface area contributed by atoms with Gasteiger partial charge in [0, 0.05) is 25.1 Å². The summed E-state index contributed by atoms with van der Waals surface area (Å²) in [5.41, 5.74) is 0.960. The van der Waals surface area contributed by atoms with Crippen molar-refractivity contribution in [3.8, 4) is 5.75 Å². The van der Waals surface area contributed by atoms with Crippen LogP contribution in [0, 0.1) is 0 Å². The summed E-state index contributed by atoms with van der Waals surface area (Å²) in [5, 5.41) is 2.73.